The van der Waals surface area contributed by atoms with Crippen LogP contribution in [0.15, 0.2) is 212 Å². The molecule has 9 aromatic carbocycles. The number of para-hydroxylation sites is 2. The summed E-state index contributed by atoms with van der Waals surface area (Å²) < 4.78 is 0. The van der Waals surface area contributed by atoms with Crippen LogP contribution in [0.5, 0.6) is 0 Å². The van der Waals surface area contributed by atoms with Crippen LogP contribution in [0.1, 0.15) is 22.3 Å². The van der Waals surface area contributed by atoms with Crippen LogP contribution in [0.25, 0.3) is 55.3 Å². The highest BCUT2D eigenvalue weighted by molar-refractivity contribution is 6.01. The molecule has 1 unspecified atom stereocenters. The van der Waals surface area contributed by atoms with Gasteiger partial charge < -0.3 is 4.90 Å². The molecule has 1 atom stereocenters. The zero-order valence-electron chi connectivity index (χ0n) is 29.7. The SMILES string of the molecule is c1ccc(-c2ccccc2N(c2ccccc2)c2ccc3c(c2)C2(c4ccccc4-c4ccccc4-3)c3ccccc3-c3cc4ccccc4cc32)cc1. The van der Waals surface area contributed by atoms with Crippen molar-refractivity contribution >= 4 is 27.8 Å². The number of hydrogen-bond donors (Lipinski definition) is 0. The van der Waals surface area contributed by atoms with Gasteiger partial charge in [-0.1, -0.05) is 170 Å². The van der Waals surface area contributed by atoms with Crippen molar-refractivity contribution in [3.8, 4) is 44.5 Å². The molecule has 0 bridgehead atoms. The minimum absolute atomic E-state index is 0.585. The van der Waals surface area contributed by atoms with Gasteiger partial charge in [0.15, 0.2) is 0 Å². The van der Waals surface area contributed by atoms with Crippen molar-refractivity contribution < 1.29 is 0 Å². The molecule has 0 aromatic heterocycles. The summed E-state index contributed by atoms with van der Waals surface area (Å²) in [6, 6.07) is 78.6. The third-order valence-electron chi connectivity index (χ3n) is 11.7. The average molecular weight is 686 g/mol. The lowest BCUT2D eigenvalue weighted by Crippen LogP contribution is -2.29. The van der Waals surface area contributed by atoms with Gasteiger partial charge in [0.05, 0.1) is 11.1 Å². The fraction of sp³-hybridized carbons (Fsp3) is 0.0189. The molecule has 0 aliphatic heterocycles. The molecule has 0 heterocycles. The van der Waals surface area contributed by atoms with E-state index >= 15 is 0 Å². The van der Waals surface area contributed by atoms with Crippen molar-refractivity contribution in [2.75, 3.05) is 4.90 Å². The molecule has 1 heteroatoms. The number of rotatable bonds is 4. The van der Waals surface area contributed by atoms with Crippen LogP contribution in [0.4, 0.5) is 17.1 Å². The van der Waals surface area contributed by atoms with Crippen LogP contribution in [0.2, 0.25) is 0 Å². The second kappa shape index (κ2) is 12.0. The van der Waals surface area contributed by atoms with Crippen LogP contribution >= 0.6 is 0 Å². The summed E-state index contributed by atoms with van der Waals surface area (Å²) in [5.41, 5.74) is 18.1. The Kier molecular flexibility index (Phi) is 6.84. The van der Waals surface area contributed by atoms with Crippen LogP contribution in [0.3, 0.4) is 0 Å². The average Bonchev–Trinajstić information content (AvgIpc) is 3.47. The largest absolute Gasteiger partial charge is 0.310 e. The molecule has 11 rings (SSSR count). The van der Waals surface area contributed by atoms with Crippen molar-refractivity contribution in [1.82, 2.24) is 0 Å². The summed E-state index contributed by atoms with van der Waals surface area (Å²) in [5.74, 6) is 0. The molecule has 1 spiro atoms. The van der Waals surface area contributed by atoms with E-state index in [1.165, 1.54) is 77.5 Å². The van der Waals surface area contributed by atoms with E-state index in [2.05, 4.69) is 217 Å². The predicted octanol–water partition coefficient (Wildman–Crippen LogP) is 14.0. The highest BCUT2D eigenvalue weighted by Crippen LogP contribution is 2.62. The van der Waals surface area contributed by atoms with Gasteiger partial charge >= 0.3 is 0 Å². The lowest BCUT2D eigenvalue weighted by atomic mass is 9.65. The summed E-state index contributed by atoms with van der Waals surface area (Å²) in [6.45, 7) is 0. The summed E-state index contributed by atoms with van der Waals surface area (Å²) >= 11 is 0. The maximum absolute atomic E-state index is 2.50. The van der Waals surface area contributed by atoms with E-state index in [4.69, 9.17) is 0 Å². The first-order valence-electron chi connectivity index (χ1n) is 18.8. The number of fused-ring (bicyclic) bond motifs is 13. The van der Waals surface area contributed by atoms with E-state index in [-0.39, 0.29) is 0 Å². The first-order chi connectivity index (χ1) is 26.8. The maximum Gasteiger partial charge on any atom is 0.0726 e. The molecule has 0 saturated carbocycles. The number of anilines is 3. The van der Waals surface area contributed by atoms with Gasteiger partial charge in [0.2, 0.25) is 0 Å². The Labute approximate surface area is 316 Å². The molecule has 0 amide bonds. The number of hydrogen-bond acceptors (Lipinski definition) is 1. The highest BCUT2D eigenvalue weighted by atomic mass is 15.1. The van der Waals surface area contributed by atoms with Crippen molar-refractivity contribution in [3.05, 3.63) is 235 Å². The molecule has 252 valence electrons. The second-order valence-electron chi connectivity index (χ2n) is 14.4. The molecule has 0 radical (unpaired) electrons. The molecule has 0 saturated heterocycles. The van der Waals surface area contributed by atoms with Gasteiger partial charge in [-0.2, -0.15) is 0 Å². The van der Waals surface area contributed by atoms with Crippen LogP contribution in [0, 0.1) is 0 Å². The van der Waals surface area contributed by atoms with E-state index in [1.54, 1.807) is 0 Å². The third-order valence-corrected chi connectivity index (χ3v) is 11.7. The molecule has 2 aliphatic rings. The Morgan fingerprint density at radius 2 is 0.759 bits per heavy atom. The summed E-state index contributed by atoms with van der Waals surface area (Å²) in [5, 5.41) is 2.51. The Morgan fingerprint density at radius 1 is 0.278 bits per heavy atom. The van der Waals surface area contributed by atoms with Crippen LogP contribution < -0.4 is 4.90 Å². The Morgan fingerprint density at radius 3 is 1.44 bits per heavy atom. The predicted molar refractivity (Wildman–Crippen MR) is 226 cm³/mol. The van der Waals surface area contributed by atoms with Crippen molar-refractivity contribution in [2.24, 2.45) is 0 Å². The first-order valence-corrected chi connectivity index (χ1v) is 18.8. The lowest BCUT2D eigenvalue weighted by Gasteiger charge is -2.37. The summed E-state index contributed by atoms with van der Waals surface area (Å²) in [7, 11) is 0. The summed E-state index contributed by atoms with van der Waals surface area (Å²) in [4.78, 5) is 2.45. The molecule has 1 nitrogen and oxygen atoms in total. The summed E-state index contributed by atoms with van der Waals surface area (Å²) in [6.07, 6.45) is 0. The van der Waals surface area contributed by atoms with Crippen molar-refractivity contribution in [2.45, 2.75) is 5.41 Å². The molecular weight excluding hydrogens is 651 g/mol. The van der Waals surface area contributed by atoms with E-state index in [1.807, 2.05) is 0 Å². The number of nitrogens with zero attached hydrogens (tertiary/aromatic N) is 1. The quantitative estimate of drug-likeness (QED) is 0.178. The molecule has 2 aliphatic carbocycles. The maximum atomic E-state index is 2.50. The van der Waals surface area contributed by atoms with Gasteiger partial charge in [0, 0.05) is 16.9 Å². The van der Waals surface area contributed by atoms with E-state index in [0.717, 1.165) is 17.1 Å². The molecule has 9 aromatic rings. The molecule has 54 heavy (non-hydrogen) atoms. The van der Waals surface area contributed by atoms with Crippen LogP contribution in [-0.4, -0.2) is 0 Å². The Bertz CT molecular complexity index is 2890. The minimum Gasteiger partial charge on any atom is -0.310 e. The van der Waals surface area contributed by atoms with Gasteiger partial charge in [-0.3, -0.25) is 0 Å². The molecule has 0 fully saturated rings. The van der Waals surface area contributed by atoms with E-state index in [0.29, 0.717) is 0 Å². The van der Waals surface area contributed by atoms with Gasteiger partial charge in [-0.25, -0.2) is 0 Å². The minimum atomic E-state index is -0.585. The number of benzene rings is 9. The zero-order valence-corrected chi connectivity index (χ0v) is 29.7. The van der Waals surface area contributed by atoms with E-state index in [9.17, 15) is 0 Å². The van der Waals surface area contributed by atoms with Gasteiger partial charge in [-0.15, -0.1) is 0 Å². The Hall–Kier alpha value is -6.96. The van der Waals surface area contributed by atoms with Gasteiger partial charge in [-0.05, 0) is 114 Å². The van der Waals surface area contributed by atoms with Crippen molar-refractivity contribution in [1.29, 1.82) is 0 Å². The fourth-order valence-electron chi connectivity index (χ4n) is 9.44. The third kappa shape index (κ3) is 4.39. The smallest absolute Gasteiger partial charge is 0.0726 e. The topological polar surface area (TPSA) is 3.24 Å². The zero-order chi connectivity index (χ0) is 35.6. The standard InChI is InChI=1S/C53H35N/c1-3-17-36(18-4-1)41-23-13-16-30-52(41)54(39-21-5-2-6-22-39)40-31-32-46-43-25-10-9-24-42(43)44-26-11-14-28-48(44)53(51(46)35-40)49-29-15-12-27-45(49)47-33-37-19-7-8-20-38(37)34-50(47)53/h1-35H. The highest BCUT2D eigenvalue weighted by Gasteiger charge is 2.50. The fourth-order valence-corrected chi connectivity index (χ4v) is 9.44. The molecular formula is C53H35N. The van der Waals surface area contributed by atoms with E-state index < -0.39 is 5.41 Å². The second-order valence-corrected chi connectivity index (χ2v) is 14.4. The van der Waals surface area contributed by atoms with Gasteiger partial charge in [0.1, 0.15) is 0 Å². The molecule has 0 N–H and O–H groups in total. The first kappa shape index (κ1) is 30.6. The lowest BCUT2D eigenvalue weighted by molar-refractivity contribution is 0.776. The van der Waals surface area contributed by atoms with Crippen LogP contribution in [-0.2, 0) is 5.41 Å². The van der Waals surface area contributed by atoms with Gasteiger partial charge in [0.25, 0.3) is 0 Å². The monoisotopic (exact) mass is 685 g/mol. The van der Waals surface area contributed by atoms with Crippen molar-refractivity contribution in [3.63, 3.8) is 0 Å². The normalized spacial score (nSPS) is 14.7. The Balaban J connectivity index is 1.29.